The summed E-state index contributed by atoms with van der Waals surface area (Å²) in [6.07, 6.45) is 3.67. The zero-order chi connectivity index (χ0) is 21.2. The molecule has 3 heterocycles. The summed E-state index contributed by atoms with van der Waals surface area (Å²) in [6, 6.07) is 14.5. The van der Waals surface area contributed by atoms with Gasteiger partial charge in [0.15, 0.2) is 12.0 Å². The molecule has 2 aromatic rings. The van der Waals surface area contributed by atoms with E-state index in [1.54, 1.807) is 13.3 Å². The monoisotopic (exact) mass is 417 g/mol. The lowest BCUT2D eigenvalue weighted by Crippen LogP contribution is -2.54. The van der Waals surface area contributed by atoms with Crippen molar-refractivity contribution in [1.29, 1.82) is 0 Å². The first kappa shape index (κ1) is 19.1. The molecule has 2 fully saturated rings. The first-order chi connectivity index (χ1) is 15.1. The van der Waals surface area contributed by atoms with E-state index in [4.69, 9.17) is 14.5 Å². The summed E-state index contributed by atoms with van der Waals surface area (Å²) in [7, 11) is 1.67. The van der Waals surface area contributed by atoms with Gasteiger partial charge < -0.3 is 14.4 Å². The Hall–Kier alpha value is -2.57. The molecule has 4 aliphatic rings. The van der Waals surface area contributed by atoms with E-state index in [0.29, 0.717) is 19.6 Å². The highest BCUT2D eigenvalue weighted by Gasteiger charge is 2.67. The molecule has 1 saturated heterocycles. The van der Waals surface area contributed by atoms with Crippen LogP contribution >= 0.6 is 0 Å². The zero-order valence-electron chi connectivity index (χ0n) is 18.0. The Balaban J connectivity index is 1.48. The number of methoxy groups -OCH3 is 1. The predicted octanol–water partition coefficient (Wildman–Crippen LogP) is 3.49. The molecule has 1 aromatic carbocycles. The van der Waals surface area contributed by atoms with Crippen molar-refractivity contribution in [3.05, 3.63) is 65.5 Å². The number of nitrogens with zero attached hydrogens (tertiary/aromatic N) is 3. The van der Waals surface area contributed by atoms with Crippen LogP contribution in [0.3, 0.4) is 0 Å². The van der Waals surface area contributed by atoms with Gasteiger partial charge >= 0.3 is 0 Å². The van der Waals surface area contributed by atoms with Crippen LogP contribution in [0.2, 0.25) is 0 Å². The minimum absolute atomic E-state index is 0.100. The van der Waals surface area contributed by atoms with Crippen molar-refractivity contribution in [1.82, 2.24) is 9.88 Å². The number of fused-ring (bicyclic) bond motifs is 5. The zero-order valence-corrected chi connectivity index (χ0v) is 18.0. The van der Waals surface area contributed by atoms with Gasteiger partial charge in [0.25, 0.3) is 0 Å². The molecular weight excluding hydrogens is 390 g/mol. The molecule has 5 atom stereocenters. The van der Waals surface area contributed by atoms with Crippen molar-refractivity contribution in [2.24, 2.45) is 16.3 Å². The van der Waals surface area contributed by atoms with Gasteiger partial charge in [-0.3, -0.25) is 14.8 Å². The van der Waals surface area contributed by atoms with Gasteiger partial charge in [-0.2, -0.15) is 0 Å². The van der Waals surface area contributed by atoms with Crippen LogP contribution in [0.5, 0.6) is 0 Å². The summed E-state index contributed by atoms with van der Waals surface area (Å²) in [6.45, 7) is 3.28. The number of likely N-dealkylation sites (tertiary alicyclic amines) is 1. The third-order valence-electron chi connectivity index (χ3n) is 7.96. The van der Waals surface area contributed by atoms with Crippen molar-refractivity contribution in [3.8, 4) is 0 Å². The standard InChI is InChI=1S/C25H27N3O3/c1-24-14-16-7-3-4-8-17(16)18(24)13-21-25(15-19(24)23(29)28(25)11-12-30-2)31-22(27-21)20-9-5-6-10-26-20/h3-10,18-19,22H,11-15H2,1-2H3/t18-,19-,22-,24+,25+/m1/s1. The molecular formula is C25H27N3O3. The molecule has 0 radical (unpaired) electrons. The third kappa shape index (κ3) is 2.55. The lowest BCUT2D eigenvalue weighted by Gasteiger charge is -2.39. The van der Waals surface area contributed by atoms with Crippen LogP contribution in [0.25, 0.3) is 0 Å². The van der Waals surface area contributed by atoms with Gasteiger partial charge in [-0.25, -0.2) is 0 Å². The number of ether oxygens (including phenoxy) is 2. The van der Waals surface area contributed by atoms with Gasteiger partial charge in [-0.15, -0.1) is 0 Å². The number of hydrogen-bond acceptors (Lipinski definition) is 5. The Morgan fingerprint density at radius 2 is 2.03 bits per heavy atom. The number of amides is 1. The summed E-state index contributed by atoms with van der Waals surface area (Å²) in [5.41, 5.74) is 3.59. The molecule has 1 spiro atoms. The SMILES string of the molecule is COCCN1C(=O)[C@H]2C[C@@]13O[C@H](c1ccccn1)N=C3C[C@@H]1c3ccccc3C[C@]21C. The Labute approximate surface area is 182 Å². The Bertz CT molecular complexity index is 1070. The van der Waals surface area contributed by atoms with Gasteiger partial charge in [0.05, 0.1) is 18.0 Å². The molecule has 6 heteroatoms. The highest BCUT2D eigenvalue weighted by Crippen LogP contribution is 2.62. The summed E-state index contributed by atoms with van der Waals surface area (Å²) >= 11 is 0. The number of aliphatic imine (C=N–C) groups is 1. The van der Waals surface area contributed by atoms with Gasteiger partial charge in [-0.1, -0.05) is 37.3 Å². The molecule has 2 bridgehead atoms. The maximum Gasteiger partial charge on any atom is 0.229 e. The predicted molar refractivity (Wildman–Crippen MR) is 116 cm³/mol. The lowest BCUT2D eigenvalue weighted by molar-refractivity contribution is -0.151. The average Bonchev–Trinajstić information content (AvgIpc) is 3.37. The smallest absolute Gasteiger partial charge is 0.229 e. The number of aromatic nitrogens is 1. The highest BCUT2D eigenvalue weighted by molar-refractivity contribution is 6.02. The molecule has 6 rings (SSSR count). The molecule has 2 aliphatic carbocycles. The van der Waals surface area contributed by atoms with E-state index in [0.717, 1.165) is 24.2 Å². The van der Waals surface area contributed by atoms with Crippen molar-refractivity contribution >= 4 is 11.6 Å². The van der Waals surface area contributed by atoms with E-state index in [9.17, 15) is 4.79 Å². The lowest BCUT2D eigenvalue weighted by atomic mass is 9.67. The summed E-state index contributed by atoms with van der Waals surface area (Å²) in [5.74, 6) is 0.345. The minimum Gasteiger partial charge on any atom is -0.383 e. The number of benzene rings is 1. The topological polar surface area (TPSA) is 64.0 Å². The van der Waals surface area contributed by atoms with Crippen LogP contribution in [-0.2, 0) is 20.7 Å². The average molecular weight is 418 g/mol. The van der Waals surface area contributed by atoms with Crippen LogP contribution < -0.4 is 0 Å². The number of carbonyl (C=O) groups is 1. The molecule has 31 heavy (non-hydrogen) atoms. The van der Waals surface area contributed by atoms with Crippen LogP contribution in [0, 0.1) is 11.3 Å². The highest BCUT2D eigenvalue weighted by atomic mass is 16.6. The van der Waals surface area contributed by atoms with Crippen molar-refractivity contribution in [2.45, 2.75) is 44.1 Å². The van der Waals surface area contributed by atoms with Gasteiger partial charge in [0.2, 0.25) is 5.91 Å². The fourth-order valence-corrected chi connectivity index (χ4v) is 6.42. The second-order valence-corrected chi connectivity index (χ2v) is 9.46. The summed E-state index contributed by atoms with van der Waals surface area (Å²) < 4.78 is 12.0. The first-order valence-electron chi connectivity index (χ1n) is 11.1. The number of pyridine rings is 1. The first-order valence-corrected chi connectivity index (χ1v) is 11.1. The van der Waals surface area contributed by atoms with E-state index < -0.39 is 12.0 Å². The minimum atomic E-state index is -0.787. The van der Waals surface area contributed by atoms with E-state index >= 15 is 0 Å². The van der Waals surface area contributed by atoms with Crippen molar-refractivity contribution in [3.63, 3.8) is 0 Å². The van der Waals surface area contributed by atoms with Gasteiger partial charge in [0.1, 0.15) is 0 Å². The maximum atomic E-state index is 13.8. The fourth-order valence-electron chi connectivity index (χ4n) is 6.42. The largest absolute Gasteiger partial charge is 0.383 e. The normalized spacial score (nSPS) is 35.4. The Kier molecular flexibility index (Phi) is 4.14. The number of hydrogen-bond donors (Lipinski definition) is 0. The van der Waals surface area contributed by atoms with Crippen LogP contribution in [0.1, 0.15) is 48.7 Å². The molecule has 0 unspecified atom stereocenters. The second-order valence-electron chi connectivity index (χ2n) is 9.46. The third-order valence-corrected chi connectivity index (χ3v) is 7.96. The molecule has 6 nitrogen and oxygen atoms in total. The quantitative estimate of drug-likeness (QED) is 0.764. The van der Waals surface area contributed by atoms with E-state index in [1.807, 2.05) is 23.1 Å². The van der Waals surface area contributed by atoms with E-state index in [1.165, 1.54) is 11.1 Å². The Morgan fingerprint density at radius 1 is 1.19 bits per heavy atom. The van der Waals surface area contributed by atoms with E-state index in [-0.39, 0.29) is 23.2 Å². The number of rotatable bonds is 4. The molecule has 1 saturated carbocycles. The maximum absolute atomic E-state index is 13.8. The summed E-state index contributed by atoms with van der Waals surface area (Å²) in [5, 5.41) is 0. The second kappa shape index (κ2) is 6.71. The Morgan fingerprint density at radius 3 is 2.84 bits per heavy atom. The fraction of sp³-hybridized carbons (Fsp3) is 0.480. The molecule has 1 amide bonds. The summed E-state index contributed by atoms with van der Waals surface area (Å²) in [4.78, 5) is 25.3. The van der Waals surface area contributed by atoms with Gasteiger partial charge in [0, 0.05) is 32.2 Å². The van der Waals surface area contributed by atoms with Gasteiger partial charge in [-0.05, 0) is 47.4 Å². The molecule has 2 aliphatic heterocycles. The molecule has 1 aromatic heterocycles. The van der Waals surface area contributed by atoms with E-state index in [2.05, 4.69) is 36.2 Å². The van der Waals surface area contributed by atoms with Crippen molar-refractivity contribution < 1.29 is 14.3 Å². The van der Waals surface area contributed by atoms with Crippen LogP contribution in [-0.4, -0.2) is 47.5 Å². The van der Waals surface area contributed by atoms with Crippen molar-refractivity contribution in [2.75, 3.05) is 20.3 Å². The number of carbonyl (C=O) groups excluding carboxylic acids is 1. The van der Waals surface area contributed by atoms with Crippen LogP contribution in [0.4, 0.5) is 0 Å². The molecule has 160 valence electrons. The van der Waals surface area contributed by atoms with Crippen LogP contribution in [0.15, 0.2) is 53.7 Å². The molecule has 0 N–H and O–H groups in total.